The number of nitrogens with zero attached hydrogens (tertiary/aromatic N) is 1. The summed E-state index contributed by atoms with van der Waals surface area (Å²) >= 11 is 11.3. The zero-order chi connectivity index (χ0) is 12.9. The van der Waals surface area contributed by atoms with Gasteiger partial charge < -0.3 is 5.32 Å². The predicted molar refractivity (Wildman–Crippen MR) is 71.4 cm³/mol. The summed E-state index contributed by atoms with van der Waals surface area (Å²) in [4.78, 5) is 3.92. The van der Waals surface area contributed by atoms with Crippen LogP contribution in [-0.4, -0.2) is 17.4 Å². The molecule has 1 aromatic rings. The first kappa shape index (κ1) is 14.5. The topological polar surface area (TPSA) is 24.9 Å². The third-order valence-electron chi connectivity index (χ3n) is 2.53. The van der Waals surface area contributed by atoms with E-state index >= 15 is 0 Å². The van der Waals surface area contributed by atoms with Crippen molar-refractivity contribution in [3.63, 3.8) is 0 Å². The normalized spacial score (nSPS) is 11.6. The minimum atomic E-state index is -0.425. The van der Waals surface area contributed by atoms with E-state index in [0.29, 0.717) is 17.4 Å². The molecule has 96 valence electrons. The molecule has 0 saturated carbocycles. The van der Waals surface area contributed by atoms with Gasteiger partial charge in [-0.2, -0.15) is 0 Å². The lowest BCUT2D eigenvalue weighted by atomic mass is 9.88. The van der Waals surface area contributed by atoms with E-state index in [9.17, 15) is 4.39 Å². The zero-order valence-electron chi connectivity index (χ0n) is 10.1. The smallest absolute Gasteiger partial charge is 0.166 e. The molecule has 0 fully saturated rings. The lowest BCUT2D eigenvalue weighted by Gasteiger charge is -2.25. The first-order chi connectivity index (χ1) is 7.94. The number of hydrogen-bond acceptors (Lipinski definition) is 2. The number of nitrogens with one attached hydrogen (secondary N) is 1. The van der Waals surface area contributed by atoms with Gasteiger partial charge in [-0.3, -0.25) is 0 Å². The Morgan fingerprint density at radius 2 is 2.18 bits per heavy atom. The number of halogens is 3. The standard InChI is InChI=1S/C12H17Cl2FN2/c1-12(2,4-3-5-13)8-17-11-10(15)6-9(14)7-16-11/h6-7H,3-5,8H2,1-2H3,(H,16,17). The van der Waals surface area contributed by atoms with E-state index in [2.05, 4.69) is 24.1 Å². The van der Waals surface area contributed by atoms with Crippen molar-refractivity contribution in [2.45, 2.75) is 26.7 Å². The largest absolute Gasteiger partial charge is 0.367 e. The fourth-order valence-corrected chi connectivity index (χ4v) is 1.78. The van der Waals surface area contributed by atoms with Gasteiger partial charge in [0.15, 0.2) is 11.6 Å². The number of rotatable bonds is 6. The number of aromatic nitrogens is 1. The Labute approximate surface area is 112 Å². The van der Waals surface area contributed by atoms with Gasteiger partial charge >= 0.3 is 0 Å². The molecule has 17 heavy (non-hydrogen) atoms. The molecule has 0 aromatic carbocycles. The third-order valence-corrected chi connectivity index (χ3v) is 3.00. The molecule has 1 heterocycles. The zero-order valence-corrected chi connectivity index (χ0v) is 11.6. The van der Waals surface area contributed by atoms with Crippen molar-refractivity contribution in [3.8, 4) is 0 Å². The van der Waals surface area contributed by atoms with Gasteiger partial charge in [-0.15, -0.1) is 11.6 Å². The van der Waals surface area contributed by atoms with Crippen molar-refractivity contribution in [2.24, 2.45) is 5.41 Å². The molecule has 0 atom stereocenters. The molecule has 0 radical (unpaired) electrons. The van der Waals surface area contributed by atoms with Crippen molar-refractivity contribution >= 4 is 29.0 Å². The molecule has 1 aromatic heterocycles. The van der Waals surface area contributed by atoms with Gasteiger partial charge in [-0.05, 0) is 24.3 Å². The molecule has 0 aliphatic rings. The first-order valence-electron chi connectivity index (χ1n) is 5.55. The number of pyridine rings is 1. The van der Waals surface area contributed by atoms with E-state index < -0.39 is 5.82 Å². The summed E-state index contributed by atoms with van der Waals surface area (Å²) in [5, 5.41) is 3.30. The van der Waals surface area contributed by atoms with Gasteiger partial charge in [-0.1, -0.05) is 25.4 Å². The summed E-state index contributed by atoms with van der Waals surface area (Å²) in [6.07, 6.45) is 3.37. The van der Waals surface area contributed by atoms with E-state index in [1.54, 1.807) is 0 Å². The van der Waals surface area contributed by atoms with Gasteiger partial charge in [0.25, 0.3) is 0 Å². The van der Waals surface area contributed by atoms with Gasteiger partial charge in [-0.25, -0.2) is 9.37 Å². The van der Waals surface area contributed by atoms with Gasteiger partial charge in [0.1, 0.15) is 0 Å². The van der Waals surface area contributed by atoms with E-state index in [1.807, 2.05) is 0 Å². The maximum atomic E-state index is 13.4. The van der Waals surface area contributed by atoms with Crippen LogP contribution >= 0.6 is 23.2 Å². The quantitative estimate of drug-likeness (QED) is 0.784. The Kier molecular flexibility index (Phi) is 5.47. The summed E-state index contributed by atoms with van der Waals surface area (Å²) in [7, 11) is 0. The van der Waals surface area contributed by atoms with Gasteiger partial charge in [0.05, 0.1) is 5.02 Å². The molecule has 0 saturated heterocycles. The van der Waals surface area contributed by atoms with Crippen LogP contribution in [0.4, 0.5) is 10.2 Å². The molecule has 0 aliphatic heterocycles. The second-order valence-electron chi connectivity index (χ2n) is 4.79. The van der Waals surface area contributed by atoms with Crippen LogP contribution < -0.4 is 5.32 Å². The van der Waals surface area contributed by atoms with E-state index in [0.717, 1.165) is 12.8 Å². The summed E-state index contributed by atoms with van der Waals surface area (Å²) in [5.41, 5.74) is 0.0582. The molecule has 1 rings (SSSR count). The molecule has 2 nitrogen and oxygen atoms in total. The molecule has 0 spiro atoms. The van der Waals surface area contributed by atoms with Crippen LogP contribution in [0.2, 0.25) is 5.02 Å². The van der Waals surface area contributed by atoms with Crippen LogP contribution in [0.15, 0.2) is 12.3 Å². The SMILES string of the molecule is CC(C)(CCCCl)CNc1ncc(Cl)cc1F. The van der Waals surface area contributed by atoms with Crippen LogP contribution in [0, 0.1) is 11.2 Å². The fourth-order valence-electron chi connectivity index (χ4n) is 1.50. The Bertz CT molecular complexity index is 370. The Hall–Kier alpha value is -0.540. The van der Waals surface area contributed by atoms with Crippen molar-refractivity contribution in [1.82, 2.24) is 4.98 Å². The summed E-state index contributed by atoms with van der Waals surface area (Å²) in [6, 6.07) is 1.25. The molecule has 0 aliphatic carbocycles. The lowest BCUT2D eigenvalue weighted by Crippen LogP contribution is -2.24. The molecule has 1 N–H and O–H groups in total. The predicted octanol–water partition coefficient (Wildman–Crippen LogP) is 4.33. The minimum Gasteiger partial charge on any atom is -0.367 e. The van der Waals surface area contributed by atoms with Crippen molar-refractivity contribution in [2.75, 3.05) is 17.7 Å². The number of alkyl halides is 1. The fraction of sp³-hybridized carbons (Fsp3) is 0.583. The van der Waals surface area contributed by atoms with Crippen LogP contribution in [0.5, 0.6) is 0 Å². The molecule has 5 heteroatoms. The van der Waals surface area contributed by atoms with Crippen molar-refractivity contribution < 1.29 is 4.39 Å². The van der Waals surface area contributed by atoms with Crippen LogP contribution in [-0.2, 0) is 0 Å². The Morgan fingerprint density at radius 3 is 2.76 bits per heavy atom. The summed E-state index contributed by atoms with van der Waals surface area (Å²) < 4.78 is 13.4. The highest BCUT2D eigenvalue weighted by Gasteiger charge is 2.18. The number of anilines is 1. The highest BCUT2D eigenvalue weighted by molar-refractivity contribution is 6.30. The van der Waals surface area contributed by atoms with E-state index in [-0.39, 0.29) is 11.2 Å². The monoisotopic (exact) mass is 278 g/mol. The number of hydrogen-bond donors (Lipinski definition) is 1. The molecular weight excluding hydrogens is 262 g/mol. The Morgan fingerprint density at radius 1 is 1.47 bits per heavy atom. The Balaban J connectivity index is 2.54. The van der Waals surface area contributed by atoms with Gasteiger partial charge in [0.2, 0.25) is 0 Å². The van der Waals surface area contributed by atoms with E-state index in [1.165, 1.54) is 12.3 Å². The molecule has 0 bridgehead atoms. The van der Waals surface area contributed by atoms with Crippen molar-refractivity contribution in [1.29, 1.82) is 0 Å². The average molecular weight is 279 g/mol. The van der Waals surface area contributed by atoms with Crippen LogP contribution in [0.1, 0.15) is 26.7 Å². The highest BCUT2D eigenvalue weighted by atomic mass is 35.5. The summed E-state index contributed by atoms with van der Waals surface area (Å²) in [5.74, 6) is 0.468. The first-order valence-corrected chi connectivity index (χ1v) is 6.47. The maximum absolute atomic E-state index is 13.4. The van der Waals surface area contributed by atoms with Crippen LogP contribution in [0.3, 0.4) is 0 Å². The van der Waals surface area contributed by atoms with Gasteiger partial charge in [0, 0.05) is 18.6 Å². The second-order valence-corrected chi connectivity index (χ2v) is 5.61. The molecule has 0 amide bonds. The molecular formula is C12H17Cl2FN2. The van der Waals surface area contributed by atoms with Crippen molar-refractivity contribution in [3.05, 3.63) is 23.1 Å². The highest BCUT2D eigenvalue weighted by Crippen LogP contribution is 2.24. The second kappa shape index (κ2) is 6.41. The minimum absolute atomic E-state index is 0.0582. The lowest BCUT2D eigenvalue weighted by molar-refractivity contribution is 0.354. The van der Waals surface area contributed by atoms with Crippen LogP contribution in [0.25, 0.3) is 0 Å². The third kappa shape index (κ3) is 5.09. The maximum Gasteiger partial charge on any atom is 0.166 e. The van der Waals surface area contributed by atoms with E-state index in [4.69, 9.17) is 23.2 Å². The summed E-state index contributed by atoms with van der Waals surface area (Å²) in [6.45, 7) is 4.87. The molecule has 0 unspecified atom stereocenters. The average Bonchev–Trinajstić information content (AvgIpc) is 2.25.